The van der Waals surface area contributed by atoms with Crippen molar-refractivity contribution in [1.82, 2.24) is 19.3 Å². The first kappa shape index (κ1) is 21.4. The summed E-state index contributed by atoms with van der Waals surface area (Å²) in [6.45, 7) is 0.905. The van der Waals surface area contributed by atoms with Crippen LogP contribution < -0.4 is 4.90 Å². The molecule has 10 heteroatoms. The van der Waals surface area contributed by atoms with Gasteiger partial charge in [0.2, 0.25) is 10.0 Å². The van der Waals surface area contributed by atoms with Crippen LogP contribution in [0, 0.1) is 11.6 Å². The predicted octanol–water partition coefficient (Wildman–Crippen LogP) is 3.48. The lowest BCUT2D eigenvalue weighted by Gasteiger charge is -2.35. The minimum Gasteiger partial charge on any atom is -0.353 e. The molecule has 0 bridgehead atoms. The molecule has 168 valence electrons. The van der Waals surface area contributed by atoms with E-state index in [1.54, 1.807) is 12.4 Å². The largest absolute Gasteiger partial charge is 0.353 e. The maximum absolute atomic E-state index is 14.1. The molecule has 0 saturated carbocycles. The molecular weight excluding hydrogens is 448 g/mol. The minimum atomic E-state index is -4.16. The van der Waals surface area contributed by atoms with E-state index in [2.05, 4.69) is 9.97 Å². The van der Waals surface area contributed by atoms with E-state index in [0.29, 0.717) is 24.7 Å². The molecule has 33 heavy (non-hydrogen) atoms. The number of nitrogens with zero attached hydrogens (tertiary/aromatic N) is 5. The zero-order chi connectivity index (χ0) is 23.0. The zero-order valence-corrected chi connectivity index (χ0v) is 18.2. The van der Waals surface area contributed by atoms with Gasteiger partial charge in [-0.3, -0.25) is 4.98 Å². The van der Waals surface area contributed by atoms with Crippen molar-refractivity contribution in [3.05, 3.63) is 78.6 Å². The lowest BCUT2D eigenvalue weighted by atomic mass is 10.2. The number of para-hydroxylation sites is 1. The van der Waals surface area contributed by atoms with Crippen molar-refractivity contribution < 1.29 is 17.2 Å². The monoisotopic (exact) mass is 467 g/mol. The van der Waals surface area contributed by atoms with Gasteiger partial charge < -0.3 is 4.90 Å². The first-order chi connectivity index (χ1) is 15.9. The summed E-state index contributed by atoms with van der Waals surface area (Å²) in [5.41, 5.74) is 1.59. The fourth-order valence-electron chi connectivity index (χ4n) is 3.89. The summed E-state index contributed by atoms with van der Waals surface area (Å²) >= 11 is 0. The van der Waals surface area contributed by atoms with Crippen LogP contribution in [0.15, 0.2) is 71.9 Å². The van der Waals surface area contributed by atoms with E-state index in [-0.39, 0.29) is 13.1 Å². The number of sulfonamides is 1. The molecule has 0 spiro atoms. The lowest BCUT2D eigenvalue weighted by Crippen LogP contribution is -2.49. The number of pyridine rings is 1. The van der Waals surface area contributed by atoms with Gasteiger partial charge in [-0.1, -0.05) is 12.1 Å². The SMILES string of the molecule is O=S(=O)(c1cc(F)ccc1F)N1CCN(c2nc(-c3ccncc3)nc3ccccc23)CC1. The molecule has 1 saturated heterocycles. The highest BCUT2D eigenvalue weighted by Crippen LogP contribution is 2.29. The minimum absolute atomic E-state index is 0.112. The normalized spacial score (nSPS) is 15.2. The number of anilines is 1. The zero-order valence-electron chi connectivity index (χ0n) is 17.4. The standard InChI is InChI=1S/C23H19F2N5O2S/c24-17-5-6-19(25)21(15-17)33(31,32)30-13-11-29(12-14-30)23-18-3-1-2-4-20(18)27-22(28-23)16-7-9-26-10-8-16/h1-10,15H,11-14H2. The van der Waals surface area contributed by atoms with Crippen LogP contribution in [0.25, 0.3) is 22.3 Å². The molecule has 5 rings (SSSR count). The van der Waals surface area contributed by atoms with E-state index in [4.69, 9.17) is 4.98 Å². The van der Waals surface area contributed by atoms with Gasteiger partial charge in [0.1, 0.15) is 22.3 Å². The number of benzene rings is 2. The number of halogens is 2. The summed E-state index contributed by atoms with van der Waals surface area (Å²) in [7, 11) is -4.16. The van der Waals surface area contributed by atoms with Crippen molar-refractivity contribution >= 4 is 26.7 Å². The summed E-state index contributed by atoms with van der Waals surface area (Å²) in [6.07, 6.45) is 3.34. The van der Waals surface area contributed by atoms with Crippen LogP contribution in [0.2, 0.25) is 0 Å². The average molecular weight is 468 g/mol. The fourth-order valence-corrected chi connectivity index (χ4v) is 5.38. The van der Waals surface area contributed by atoms with Crippen molar-refractivity contribution in [2.75, 3.05) is 31.1 Å². The summed E-state index contributed by atoms with van der Waals surface area (Å²) in [5.74, 6) is -0.531. The topological polar surface area (TPSA) is 79.3 Å². The van der Waals surface area contributed by atoms with Gasteiger partial charge in [0.05, 0.1) is 5.52 Å². The van der Waals surface area contributed by atoms with Gasteiger partial charge in [0.15, 0.2) is 5.82 Å². The first-order valence-corrected chi connectivity index (χ1v) is 11.7. The molecule has 0 unspecified atom stereocenters. The van der Waals surface area contributed by atoms with E-state index < -0.39 is 26.6 Å². The highest BCUT2D eigenvalue weighted by molar-refractivity contribution is 7.89. The molecule has 7 nitrogen and oxygen atoms in total. The molecule has 2 aromatic carbocycles. The van der Waals surface area contributed by atoms with Gasteiger partial charge in [-0.05, 0) is 42.5 Å². The van der Waals surface area contributed by atoms with Gasteiger partial charge in [-0.2, -0.15) is 4.31 Å². The van der Waals surface area contributed by atoms with Crippen LogP contribution in [-0.2, 0) is 10.0 Å². The molecule has 0 radical (unpaired) electrons. The maximum atomic E-state index is 14.1. The van der Waals surface area contributed by atoms with Crippen LogP contribution in [0.1, 0.15) is 0 Å². The van der Waals surface area contributed by atoms with E-state index in [1.807, 2.05) is 41.3 Å². The van der Waals surface area contributed by atoms with Gasteiger partial charge in [-0.25, -0.2) is 27.2 Å². The Labute approximate surface area is 189 Å². The third-order valence-corrected chi connectivity index (χ3v) is 7.48. The molecule has 4 aromatic rings. The average Bonchev–Trinajstić information content (AvgIpc) is 2.85. The van der Waals surface area contributed by atoms with Crippen LogP contribution in [0.4, 0.5) is 14.6 Å². The fraction of sp³-hybridized carbons (Fsp3) is 0.174. The molecule has 2 aromatic heterocycles. The Morgan fingerprint density at radius 2 is 1.58 bits per heavy atom. The smallest absolute Gasteiger partial charge is 0.246 e. The second kappa shape index (κ2) is 8.45. The summed E-state index contributed by atoms with van der Waals surface area (Å²) in [4.78, 5) is 14.8. The number of hydrogen-bond acceptors (Lipinski definition) is 6. The molecular formula is C23H19F2N5O2S. The van der Waals surface area contributed by atoms with Crippen molar-refractivity contribution in [2.45, 2.75) is 4.90 Å². The molecule has 0 atom stereocenters. The number of piperazine rings is 1. The Hall–Kier alpha value is -3.50. The van der Waals surface area contributed by atoms with E-state index in [0.717, 1.165) is 34.7 Å². The molecule has 1 aliphatic heterocycles. The Morgan fingerprint density at radius 1 is 0.848 bits per heavy atom. The summed E-state index contributed by atoms with van der Waals surface area (Å²) in [6, 6.07) is 13.7. The third-order valence-electron chi connectivity index (χ3n) is 5.57. The van der Waals surface area contributed by atoms with E-state index in [9.17, 15) is 17.2 Å². The van der Waals surface area contributed by atoms with Gasteiger partial charge in [-0.15, -0.1) is 0 Å². The van der Waals surface area contributed by atoms with E-state index >= 15 is 0 Å². The molecule has 0 aliphatic carbocycles. The van der Waals surface area contributed by atoms with Crippen LogP contribution in [0.5, 0.6) is 0 Å². The van der Waals surface area contributed by atoms with Crippen molar-refractivity contribution in [1.29, 1.82) is 0 Å². The predicted molar refractivity (Wildman–Crippen MR) is 120 cm³/mol. The van der Waals surface area contributed by atoms with Crippen LogP contribution >= 0.6 is 0 Å². The highest BCUT2D eigenvalue weighted by Gasteiger charge is 2.32. The van der Waals surface area contributed by atoms with Crippen molar-refractivity contribution in [2.24, 2.45) is 0 Å². The maximum Gasteiger partial charge on any atom is 0.246 e. The first-order valence-electron chi connectivity index (χ1n) is 10.3. The Kier molecular flexibility index (Phi) is 5.47. The molecule has 0 N–H and O–H groups in total. The number of fused-ring (bicyclic) bond motifs is 1. The van der Waals surface area contributed by atoms with Gasteiger partial charge in [0.25, 0.3) is 0 Å². The second-order valence-electron chi connectivity index (χ2n) is 7.59. The summed E-state index contributed by atoms with van der Waals surface area (Å²) in [5, 5.41) is 0.850. The Balaban J connectivity index is 1.46. The van der Waals surface area contributed by atoms with Crippen LogP contribution in [-0.4, -0.2) is 53.9 Å². The third kappa shape index (κ3) is 4.03. The highest BCUT2D eigenvalue weighted by atomic mass is 32.2. The number of hydrogen-bond donors (Lipinski definition) is 0. The Bertz CT molecular complexity index is 1430. The molecule has 1 fully saturated rings. The van der Waals surface area contributed by atoms with Crippen molar-refractivity contribution in [3.8, 4) is 11.4 Å². The van der Waals surface area contributed by atoms with E-state index in [1.165, 1.54) is 4.31 Å². The van der Waals surface area contributed by atoms with Gasteiger partial charge in [0, 0.05) is 49.5 Å². The molecule has 1 aliphatic rings. The Morgan fingerprint density at radius 3 is 2.33 bits per heavy atom. The molecule has 3 heterocycles. The number of rotatable bonds is 4. The lowest BCUT2D eigenvalue weighted by molar-refractivity contribution is 0.381. The molecule has 0 amide bonds. The van der Waals surface area contributed by atoms with Crippen LogP contribution in [0.3, 0.4) is 0 Å². The quantitative estimate of drug-likeness (QED) is 0.457. The second-order valence-corrected chi connectivity index (χ2v) is 9.50. The van der Waals surface area contributed by atoms with Gasteiger partial charge >= 0.3 is 0 Å². The van der Waals surface area contributed by atoms with Crippen molar-refractivity contribution in [3.63, 3.8) is 0 Å². The number of aromatic nitrogens is 3. The summed E-state index contributed by atoms with van der Waals surface area (Å²) < 4.78 is 54.7.